The molecule has 5 nitrogen and oxygen atoms in total. The van der Waals surface area contributed by atoms with E-state index in [1.807, 2.05) is 6.92 Å². The van der Waals surface area contributed by atoms with Gasteiger partial charge in [0.2, 0.25) is 15.9 Å². The largest absolute Gasteiger partial charge is 0.343 e. The molecule has 1 aliphatic rings. The molecule has 1 heterocycles. The van der Waals surface area contributed by atoms with Crippen LogP contribution in [0, 0.1) is 0 Å². The SMILES string of the molecule is CCC(=O)N1CCC(NS(=O)(=O)c2ccc(Cl)cc2)CC1. The standard InChI is InChI=1S/C14H19ClN2O3S/c1-2-14(18)17-9-7-12(8-10-17)16-21(19,20)13-5-3-11(15)4-6-13/h3-6,12,16H,2,7-10H2,1H3. The van der Waals surface area contributed by atoms with Gasteiger partial charge in [-0.05, 0) is 37.1 Å². The van der Waals surface area contributed by atoms with Crippen LogP contribution in [0.15, 0.2) is 29.2 Å². The van der Waals surface area contributed by atoms with E-state index >= 15 is 0 Å². The monoisotopic (exact) mass is 330 g/mol. The van der Waals surface area contributed by atoms with Gasteiger partial charge in [-0.15, -0.1) is 0 Å². The Morgan fingerprint density at radius 2 is 1.86 bits per heavy atom. The van der Waals surface area contributed by atoms with Crippen molar-refractivity contribution in [1.29, 1.82) is 0 Å². The second-order valence-corrected chi connectivity index (χ2v) is 7.23. The predicted octanol–water partition coefficient (Wildman–Crippen LogP) is 2.02. The highest BCUT2D eigenvalue weighted by Crippen LogP contribution is 2.17. The Labute approximate surface area is 130 Å². The third-order valence-corrected chi connectivity index (χ3v) is 5.38. The summed E-state index contributed by atoms with van der Waals surface area (Å²) in [6.45, 7) is 3.03. The molecule has 1 saturated heterocycles. The van der Waals surface area contributed by atoms with E-state index in [0.29, 0.717) is 37.4 Å². The number of hydrogen-bond acceptors (Lipinski definition) is 3. The summed E-state index contributed by atoms with van der Waals surface area (Å²) in [7, 11) is -3.53. The number of halogens is 1. The Hall–Kier alpha value is -1.11. The van der Waals surface area contributed by atoms with Gasteiger partial charge in [0, 0.05) is 30.6 Å². The summed E-state index contributed by atoms with van der Waals surface area (Å²) >= 11 is 5.76. The van der Waals surface area contributed by atoms with Gasteiger partial charge in [0.15, 0.2) is 0 Å². The lowest BCUT2D eigenvalue weighted by Crippen LogP contribution is -2.46. The molecule has 1 amide bonds. The maximum absolute atomic E-state index is 12.2. The second-order valence-electron chi connectivity index (χ2n) is 5.08. The number of rotatable bonds is 4. The van der Waals surface area contributed by atoms with E-state index in [9.17, 15) is 13.2 Å². The highest BCUT2D eigenvalue weighted by Gasteiger charge is 2.26. The van der Waals surface area contributed by atoms with Crippen molar-refractivity contribution in [2.75, 3.05) is 13.1 Å². The number of nitrogens with zero attached hydrogens (tertiary/aromatic N) is 1. The molecule has 21 heavy (non-hydrogen) atoms. The normalized spacial score (nSPS) is 17.0. The smallest absolute Gasteiger partial charge is 0.240 e. The van der Waals surface area contributed by atoms with Crippen molar-refractivity contribution in [3.05, 3.63) is 29.3 Å². The Bertz CT molecular complexity index is 593. The lowest BCUT2D eigenvalue weighted by Gasteiger charge is -2.32. The van der Waals surface area contributed by atoms with Crippen LogP contribution < -0.4 is 4.72 Å². The summed E-state index contributed by atoms with van der Waals surface area (Å²) < 4.78 is 27.2. The number of carbonyl (C=O) groups excluding carboxylic acids is 1. The fourth-order valence-corrected chi connectivity index (χ4v) is 3.80. The number of likely N-dealkylation sites (tertiary alicyclic amines) is 1. The van der Waals surface area contributed by atoms with Gasteiger partial charge in [-0.3, -0.25) is 4.79 Å². The van der Waals surface area contributed by atoms with Gasteiger partial charge in [0.05, 0.1) is 4.90 Å². The molecule has 0 aromatic heterocycles. The summed E-state index contributed by atoms with van der Waals surface area (Å²) in [5.41, 5.74) is 0. The van der Waals surface area contributed by atoms with Crippen molar-refractivity contribution in [1.82, 2.24) is 9.62 Å². The molecule has 0 atom stereocenters. The maximum Gasteiger partial charge on any atom is 0.240 e. The van der Waals surface area contributed by atoms with Crippen molar-refractivity contribution in [3.8, 4) is 0 Å². The first kappa shape index (κ1) is 16.3. The fourth-order valence-electron chi connectivity index (χ4n) is 2.37. The van der Waals surface area contributed by atoms with E-state index in [2.05, 4.69) is 4.72 Å². The molecule has 0 saturated carbocycles. The summed E-state index contributed by atoms with van der Waals surface area (Å²) in [5, 5.41) is 0.500. The van der Waals surface area contributed by atoms with Crippen LogP contribution in [-0.2, 0) is 14.8 Å². The average Bonchev–Trinajstić information content (AvgIpc) is 2.47. The fraction of sp³-hybridized carbons (Fsp3) is 0.500. The molecule has 1 aromatic carbocycles. The van der Waals surface area contributed by atoms with E-state index in [0.717, 1.165) is 0 Å². The van der Waals surface area contributed by atoms with Crippen LogP contribution in [0.4, 0.5) is 0 Å². The lowest BCUT2D eigenvalue weighted by atomic mass is 10.1. The summed E-state index contributed by atoms with van der Waals surface area (Å²) in [6.07, 6.45) is 1.76. The minimum atomic E-state index is -3.53. The second kappa shape index (κ2) is 6.77. The third-order valence-electron chi connectivity index (χ3n) is 3.60. The molecule has 1 aromatic rings. The molecule has 1 fully saturated rings. The summed E-state index contributed by atoms with van der Waals surface area (Å²) in [4.78, 5) is 13.6. The molecule has 7 heteroatoms. The first-order chi connectivity index (χ1) is 9.92. The molecule has 116 valence electrons. The quantitative estimate of drug-likeness (QED) is 0.918. The topological polar surface area (TPSA) is 66.5 Å². The summed E-state index contributed by atoms with van der Waals surface area (Å²) in [6, 6.07) is 5.95. The molecule has 2 rings (SSSR count). The number of nitrogens with one attached hydrogen (secondary N) is 1. The minimum Gasteiger partial charge on any atom is -0.343 e. The van der Waals surface area contributed by atoms with Crippen LogP contribution in [0.25, 0.3) is 0 Å². The number of hydrogen-bond donors (Lipinski definition) is 1. The van der Waals surface area contributed by atoms with Crippen molar-refractivity contribution in [2.45, 2.75) is 37.1 Å². The van der Waals surface area contributed by atoms with Crippen molar-refractivity contribution >= 4 is 27.5 Å². The van der Waals surface area contributed by atoms with Gasteiger partial charge in [0.25, 0.3) is 0 Å². The Morgan fingerprint density at radius 3 is 2.38 bits per heavy atom. The molecular weight excluding hydrogens is 312 g/mol. The zero-order chi connectivity index (χ0) is 15.5. The van der Waals surface area contributed by atoms with E-state index in [1.54, 1.807) is 17.0 Å². The first-order valence-corrected chi connectivity index (χ1v) is 8.84. The predicted molar refractivity (Wildman–Crippen MR) is 81.7 cm³/mol. The molecule has 0 bridgehead atoms. The van der Waals surface area contributed by atoms with E-state index in [-0.39, 0.29) is 16.8 Å². The number of benzene rings is 1. The number of piperidine rings is 1. The van der Waals surface area contributed by atoms with Gasteiger partial charge in [-0.1, -0.05) is 18.5 Å². The van der Waals surface area contributed by atoms with Gasteiger partial charge >= 0.3 is 0 Å². The van der Waals surface area contributed by atoms with Crippen LogP contribution >= 0.6 is 11.6 Å². The molecule has 0 radical (unpaired) electrons. The van der Waals surface area contributed by atoms with Crippen LogP contribution in [0.1, 0.15) is 26.2 Å². The maximum atomic E-state index is 12.2. The van der Waals surface area contributed by atoms with Crippen LogP contribution in [0.2, 0.25) is 5.02 Å². The molecule has 0 unspecified atom stereocenters. The molecular formula is C14H19ClN2O3S. The highest BCUT2D eigenvalue weighted by atomic mass is 35.5. The molecule has 1 aliphatic heterocycles. The van der Waals surface area contributed by atoms with Crippen molar-refractivity contribution in [2.24, 2.45) is 0 Å². The van der Waals surface area contributed by atoms with Crippen molar-refractivity contribution in [3.63, 3.8) is 0 Å². The van der Waals surface area contributed by atoms with Gasteiger partial charge in [-0.2, -0.15) is 0 Å². The van der Waals surface area contributed by atoms with E-state index in [4.69, 9.17) is 11.6 Å². The van der Waals surface area contributed by atoms with Crippen molar-refractivity contribution < 1.29 is 13.2 Å². The molecule has 0 aliphatic carbocycles. The van der Waals surface area contributed by atoms with Crippen LogP contribution in [0.5, 0.6) is 0 Å². The zero-order valence-electron chi connectivity index (χ0n) is 11.9. The number of carbonyl (C=O) groups is 1. The van der Waals surface area contributed by atoms with Gasteiger partial charge in [0.1, 0.15) is 0 Å². The average molecular weight is 331 g/mol. The van der Waals surface area contributed by atoms with Gasteiger partial charge < -0.3 is 4.90 Å². The Morgan fingerprint density at radius 1 is 1.29 bits per heavy atom. The molecule has 1 N–H and O–H groups in total. The van der Waals surface area contributed by atoms with Crippen LogP contribution in [-0.4, -0.2) is 38.4 Å². The lowest BCUT2D eigenvalue weighted by molar-refractivity contribution is -0.131. The van der Waals surface area contributed by atoms with Gasteiger partial charge in [-0.25, -0.2) is 13.1 Å². The highest BCUT2D eigenvalue weighted by molar-refractivity contribution is 7.89. The molecule has 0 spiro atoms. The summed E-state index contributed by atoms with van der Waals surface area (Å²) in [5.74, 6) is 0.119. The van der Waals surface area contributed by atoms with E-state index < -0.39 is 10.0 Å². The minimum absolute atomic E-state index is 0.119. The van der Waals surface area contributed by atoms with E-state index in [1.165, 1.54) is 12.1 Å². The first-order valence-electron chi connectivity index (χ1n) is 6.98. The zero-order valence-corrected chi connectivity index (χ0v) is 13.5. The Kier molecular flexibility index (Phi) is 5.24. The number of sulfonamides is 1. The Balaban J connectivity index is 1.96. The number of amides is 1. The third kappa shape index (κ3) is 4.18. The van der Waals surface area contributed by atoms with Crippen LogP contribution in [0.3, 0.4) is 0 Å².